The second-order valence-corrected chi connectivity index (χ2v) is 8.71. The summed E-state index contributed by atoms with van der Waals surface area (Å²) in [5, 5.41) is 28.6. The molecule has 11 nitrogen and oxygen atoms in total. The Morgan fingerprint density at radius 1 is 1.21 bits per heavy atom. The van der Waals surface area contributed by atoms with E-state index in [1.165, 1.54) is 0 Å². The Morgan fingerprint density at radius 3 is 2.76 bits per heavy atom. The molecular formula is C21H19BrN8O3. The van der Waals surface area contributed by atoms with Gasteiger partial charge in [-0.05, 0) is 36.4 Å². The number of H-pyrrole nitrogens is 1. The number of carboxylic acid groups (broad SMARTS) is 1. The summed E-state index contributed by atoms with van der Waals surface area (Å²) in [6, 6.07) is 11.5. The van der Waals surface area contributed by atoms with E-state index in [0.29, 0.717) is 17.2 Å². The van der Waals surface area contributed by atoms with Crippen LogP contribution in [0.2, 0.25) is 0 Å². The number of hydrogen-bond acceptors (Lipinski definition) is 6. The third-order valence-corrected chi connectivity index (χ3v) is 6.24. The minimum atomic E-state index is -1.16. The van der Waals surface area contributed by atoms with Crippen LogP contribution in [0.4, 0.5) is 16.3 Å². The fraction of sp³-hybridized carbons (Fsp3) is 0.190. The monoisotopic (exact) mass is 510 g/mol. The average molecular weight is 511 g/mol. The number of nitrogens with zero attached hydrogens (tertiary/aromatic N) is 5. The normalized spacial score (nSPS) is 18.0. The number of nitrogens with one attached hydrogen (secondary N) is 2. The van der Waals surface area contributed by atoms with Crippen LogP contribution in [0.25, 0.3) is 22.2 Å². The zero-order valence-corrected chi connectivity index (χ0v) is 18.7. The molecule has 0 saturated carbocycles. The highest BCUT2D eigenvalue weighted by Crippen LogP contribution is 2.30. The largest absolute Gasteiger partial charge is 0.465 e. The van der Waals surface area contributed by atoms with Gasteiger partial charge in [-0.3, -0.25) is 14.8 Å². The SMILES string of the molecule is Nc1n[nH]c2cc(-c3cn(C4CC(C(=O)Nc5ccc(Br)cc5)N(C(=O)O)C4)nn3)ccc12. The third-order valence-electron chi connectivity index (χ3n) is 5.71. The highest BCUT2D eigenvalue weighted by atomic mass is 79.9. The molecular weight excluding hydrogens is 492 g/mol. The van der Waals surface area contributed by atoms with Crippen molar-refractivity contribution in [3.05, 3.63) is 53.1 Å². The lowest BCUT2D eigenvalue weighted by atomic mass is 10.1. The van der Waals surface area contributed by atoms with Crippen LogP contribution < -0.4 is 11.1 Å². The van der Waals surface area contributed by atoms with Crippen LogP contribution in [-0.4, -0.2) is 59.8 Å². The molecule has 2 unspecified atom stereocenters. The van der Waals surface area contributed by atoms with Crippen LogP contribution >= 0.6 is 15.9 Å². The number of halogens is 1. The van der Waals surface area contributed by atoms with Crippen molar-refractivity contribution in [3.63, 3.8) is 0 Å². The van der Waals surface area contributed by atoms with Crippen LogP contribution in [-0.2, 0) is 4.79 Å². The Balaban J connectivity index is 1.35. The number of carbonyl (C=O) groups is 2. The van der Waals surface area contributed by atoms with Gasteiger partial charge >= 0.3 is 6.09 Å². The van der Waals surface area contributed by atoms with Crippen molar-refractivity contribution in [3.8, 4) is 11.3 Å². The number of anilines is 2. The maximum Gasteiger partial charge on any atom is 0.408 e. The van der Waals surface area contributed by atoms with E-state index in [4.69, 9.17) is 5.73 Å². The molecule has 1 saturated heterocycles. The molecule has 5 N–H and O–H groups in total. The van der Waals surface area contributed by atoms with Crippen LogP contribution in [0.3, 0.4) is 0 Å². The van der Waals surface area contributed by atoms with E-state index in [1.807, 2.05) is 18.2 Å². The standard InChI is InChI=1S/C21H19BrN8O3/c22-12-2-4-13(5-3-12)24-20(31)18-8-14(9-29(18)21(32)33)30-10-17(26-28-30)11-1-6-15-16(7-11)25-27-19(15)23/h1-7,10,14,18H,8-9H2,(H,24,31)(H,32,33)(H3,23,25,27). The number of benzene rings is 2. The number of aromatic nitrogens is 5. The maximum atomic E-state index is 12.9. The van der Waals surface area contributed by atoms with E-state index < -0.39 is 12.1 Å². The summed E-state index contributed by atoms with van der Waals surface area (Å²) in [6.07, 6.45) is 0.879. The lowest BCUT2D eigenvalue weighted by Gasteiger charge is -2.20. The number of fused-ring (bicyclic) bond motifs is 1. The summed E-state index contributed by atoms with van der Waals surface area (Å²) in [6.45, 7) is 0.132. The molecule has 2 aromatic carbocycles. The quantitative estimate of drug-likeness (QED) is 0.328. The average Bonchev–Trinajstić information content (AvgIpc) is 3.53. The van der Waals surface area contributed by atoms with Gasteiger partial charge in [0.25, 0.3) is 0 Å². The number of likely N-dealkylation sites (tertiary alicyclic amines) is 1. The van der Waals surface area contributed by atoms with Crippen molar-refractivity contribution in [2.24, 2.45) is 0 Å². The molecule has 2 atom stereocenters. The van der Waals surface area contributed by atoms with Crippen LogP contribution in [0.5, 0.6) is 0 Å². The zero-order chi connectivity index (χ0) is 23.1. The van der Waals surface area contributed by atoms with Gasteiger partial charge in [-0.1, -0.05) is 27.2 Å². The molecule has 2 aromatic heterocycles. The van der Waals surface area contributed by atoms with Gasteiger partial charge in [0.15, 0.2) is 5.82 Å². The molecule has 0 spiro atoms. The first kappa shape index (κ1) is 20.9. The summed E-state index contributed by atoms with van der Waals surface area (Å²) in [5.74, 6) is 0.0391. The topological polar surface area (TPSA) is 155 Å². The van der Waals surface area contributed by atoms with E-state index in [9.17, 15) is 14.7 Å². The number of nitrogens with two attached hydrogens (primary N) is 1. The first-order valence-electron chi connectivity index (χ1n) is 10.1. The molecule has 168 valence electrons. The Bertz CT molecular complexity index is 1350. The molecule has 33 heavy (non-hydrogen) atoms. The van der Waals surface area contributed by atoms with Crippen LogP contribution in [0, 0.1) is 0 Å². The molecule has 3 heterocycles. The predicted octanol–water partition coefficient (Wildman–Crippen LogP) is 3.10. The van der Waals surface area contributed by atoms with Gasteiger partial charge in [0.05, 0.1) is 17.8 Å². The highest BCUT2D eigenvalue weighted by molar-refractivity contribution is 9.10. The first-order valence-corrected chi connectivity index (χ1v) is 10.9. The summed E-state index contributed by atoms with van der Waals surface area (Å²) in [7, 11) is 0. The van der Waals surface area contributed by atoms with Crippen molar-refractivity contribution >= 4 is 50.3 Å². The Labute approximate surface area is 195 Å². The second kappa shape index (κ2) is 8.20. The van der Waals surface area contributed by atoms with Gasteiger partial charge in [-0.25, -0.2) is 9.48 Å². The van der Waals surface area contributed by atoms with E-state index >= 15 is 0 Å². The lowest BCUT2D eigenvalue weighted by Crippen LogP contribution is -2.42. The molecule has 2 amide bonds. The van der Waals surface area contributed by atoms with Crippen molar-refractivity contribution < 1.29 is 14.7 Å². The Kier molecular flexibility index (Phi) is 5.21. The number of carbonyl (C=O) groups excluding carboxylic acids is 1. The van der Waals surface area contributed by atoms with E-state index in [1.54, 1.807) is 35.1 Å². The first-order chi connectivity index (χ1) is 15.9. The second-order valence-electron chi connectivity index (χ2n) is 7.79. The number of hydrogen-bond donors (Lipinski definition) is 4. The molecule has 12 heteroatoms. The van der Waals surface area contributed by atoms with E-state index in [-0.39, 0.29) is 24.9 Å². The number of nitrogen functional groups attached to an aromatic ring is 1. The van der Waals surface area contributed by atoms with Gasteiger partial charge in [-0.15, -0.1) is 5.10 Å². The minimum Gasteiger partial charge on any atom is -0.465 e. The molecule has 4 aromatic rings. The summed E-state index contributed by atoms with van der Waals surface area (Å²) in [5.41, 5.74) is 8.63. The smallest absolute Gasteiger partial charge is 0.408 e. The Morgan fingerprint density at radius 2 is 2.00 bits per heavy atom. The molecule has 5 rings (SSSR count). The Hall–Kier alpha value is -3.93. The summed E-state index contributed by atoms with van der Waals surface area (Å²) in [4.78, 5) is 25.8. The van der Waals surface area contributed by atoms with Gasteiger partial charge < -0.3 is 16.2 Å². The van der Waals surface area contributed by atoms with Crippen molar-refractivity contribution in [2.75, 3.05) is 17.6 Å². The molecule has 1 aliphatic rings. The van der Waals surface area contributed by atoms with Gasteiger partial charge in [0.2, 0.25) is 5.91 Å². The van der Waals surface area contributed by atoms with E-state index in [2.05, 4.69) is 41.8 Å². The number of rotatable bonds is 4. The number of amides is 2. The van der Waals surface area contributed by atoms with E-state index in [0.717, 1.165) is 25.8 Å². The summed E-state index contributed by atoms with van der Waals surface area (Å²) < 4.78 is 2.50. The fourth-order valence-corrected chi connectivity index (χ4v) is 4.28. The molecule has 1 fully saturated rings. The fourth-order valence-electron chi connectivity index (χ4n) is 4.01. The van der Waals surface area contributed by atoms with Crippen LogP contribution in [0.1, 0.15) is 12.5 Å². The molecule has 1 aliphatic heterocycles. The summed E-state index contributed by atoms with van der Waals surface area (Å²) >= 11 is 3.35. The highest BCUT2D eigenvalue weighted by Gasteiger charge is 2.41. The van der Waals surface area contributed by atoms with Crippen molar-refractivity contribution in [2.45, 2.75) is 18.5 Å². The molecule has 0 aliphatic carbocycles. The molecule has 0 bridgehead atoms. The van der Waals surface area contributed by atoms with Crippen molar-refractivity contribution in [1.29, 1.82) is 0 Å². The maximum absolute atomic E-state index is 12.9. The molecule has 0 radical (unpaired) electrons. The minimum absolute atomic E-state index is 0.132. The van der Waals surface area contributed by atoms with Gasteiger partial charge in [0.1, 0.15) is 11.7 Å². The van der Waals surface area contributed by atoms with Crippen LogP contribution in [0.15, 0.2) is 53.1 Å². The lowest BCUT2D eigenvalue weighted by molar-refractivity contribution is -0.119. The van der Waals surface area contributed by atoms with Crippen molar-refractivity contribution in [1.82, 2.24) is 30.1 Å². The van der Waals surface area contributed by atoms with Gasteiger partial charge in [0, 0.05) is 34.1 Å². The van der Waals surface area contributed by atoms with Gasteiger partial charge in [-0.2, -0.15) is 5.10 Å². The number of aromatic amines is 1. The predicted molar refractivity (Wildman–Crippen MR) is 124 cm³/mol. The zero-order valence-electron chi connectivity index (χ0n) is 17.1. The third kappa shape index (κ3) is 4.00.